The average molecular weight is 252 g/mol. The highest BCUT2D eigenvalue weighted by atomic mass is 16.6. The van der Waals surface area contributed by atoms with Gasteiger partial charge >= 0.3 is 11.9 Å². The van der Waals surface area contributed by atoms with E-state index in [0.29, 0.717) is 0 Å². The molecular weight excluding hydrogens is 232 g/mol. The molecule has 0 aromatic rings. The van der Waals surface area contributed by atoms with Gasteiger partial charge < -0.3 is 9.47 Å². The van der Waals surface area contributed by atoms with Gasteiger partial charge in [0, 0.05) is 0 Å². The summed E-state index contributed by atoms with van der Waals surface area (Å²) in [6, 6.07) is 0. The van der Waals surface area contributed by atoms with Crippen LogP contribution in [0.1, 0.15) is 19.8 Å². The fraction of sp³-hybridized carbons (Fsp3) is 0.429. The second-order valence-electron chi connectivity index (χ2n) is 3.68. The van der Waals surface area contributed by atoms with E-state index in [2.05, 4.69) is 19.7 Å². The van der Waals surface area contributed by atoms with E-state index in [1.165, 1.54) is 18.2 Å². The molecule has 0 aliphatic rings. The summed E-state index contributed by atoms with van der Waals surface area (Å²) >= 11 is 0. The van der Waals surface area contributed by atoms with Crippen molar-refractivity contribution in [3.05, 3.63) is 38.0 Å². The van der Waals surface area contributed by atoms with Gasteiger partial charge in [0.1, 0.15) is 6.61 Å². The van der Waals surface area contributed by atoms with Crippen molar-refractivity contribution in [3.8, 4) is 0 Å². The summed E-state index contributed by atoms with van der Waals surface area (Å²) in [5.74, 6) is -1.25. The van der Waals surface area contributed by atoms with Crippen LogP contribution in [0, 0.1) is 5.41 Å². The van der Waals surface area contributed by atoms with Crippen molar-refractivity contribution in [1.29, 1.82) is 0 Å². The first-order valence-electron chi connectivity index (χ1n) is 5.76. The highest BCUT2D eigenvalue weighted by molar-refractivity contribution is 6.00. The van der Waals surface area contributed by atoms with Crippen LogP contribution >= 0.6 is 0 Å². The van der Waals surface area contributed by atoms with Gasteiger partial charge in [-0.2, -0.15) is 0 Å². The number of rotatable bonds is 9. The SMILES string of the molecule is C=CCOC(=O)C(CC=C)(CC=C)C(=O)OCC. The van der Waals surface area contributed by atoms with Gasteiger partial charge in [-0.1, -0.05) is 24.8 Å². The lowest BCUT2D eigenvalue weighted by atomic mass is 9.81. The number of esters is 2. The molecule has 0 rings (SSSR count). The number of carbonyl (C=O) groups is 2. The van der Waals surface area contributed by atoms with Crippen LogP contribution in [0.25, 0.3) is 0 Å². The Morgan fingerprint density at radius 1 is 1.00 bits per heavy atom. The van der Waals surface area contributed by atoms with Crippen LogP contribution in [0.3, 0.4) is 0 Å². The van der Waals surface area contributed by atoms with E-state index in [9.17, 15) is 9.59 Å². The molecule has 4 heteroatoms. The van der Waals surface area contributed by atoms with E-state index in [1.807, 2.05) is 0 Å². The van der Waals surface area contributed by atoms with Gasteiger partial charge in [-0.15, -0.1) is 13.2 Å². The average Bonchev–Trinajstić information content (AvgIpc) is 2.35. The number of allylic oxidation sites excluding steroid dienone is 2. The zero-order chi connectivity index (χ0) is 14.0. The van der Waals surface area contributed by atoms with Crippen molar-refractivity contribution in [2.75, 3.05) is 13.2 Å². The van der Waals surface area contributed by atoms with Crippen LogP contribution in [-0.4, -0.2) is 25.2 Å². The summed E-state index contributed by atoms with van der Waals surface area (Å²) in [6.07, 6.45) is 4.72. The Bertz CT molecular complexity index is 321. The summed E-state index contributed by atoms with van der Waals surface area (Å²) in [5.41, 5.74) is -1.39. The van der Waals surface area contributed by atoms with Gasteiger partial charge in [0.15, 0.2) is 5.41 Å². The van der Waals surface area contributed by atoms with E-state index in [4.69, 9.17) is 9.47 Å². The van der Waals surface area contributed by atoms with Gasteiger partial charge in [0.2, 0.25) is 0 Å². The first-order valence-corrected chi connectivity index (χ1v) is 5.76. The van der Waals surface area contributed by atoms with E-state index in [0.717, 1.165) is 0 Å². The Balaban J connectivity index is 5.23. The molecule has 0 bridgehead atoms. The molecule has 0 radical (unpaired) electrons. The Kier molecular flexibility index (Phi) is 7.43. The fourth-order valence-electron chi connectivity index (χ4n) is 1.53. The Hall–Kier alpha value is -1.84. The minimum absolute atomic E-state index is 0.0499. The van der Waals surface area contributed by atoms with Gasteiger partial charge in [0.25, 0.3) is 0 Å². The van der Waals surface area contributed by atoms with Crippen LogP contribution in [0.2, 0.25) is 0 Å². The molecule has 0 aromatic carbocycles. The molecule has 4 nitrogen and oxygen atoms in total. The van der Waals surface area contributed by atoms with Crippen molar-refractivity contribution in [1.82, 2.24) is 0 Å². The fourth-order valence-corrected chi connectivity index (χ4v) is 1.53. The minimum Gasteiger partial charge on any atom is -0.465 e. The monoisotopic (exact) mass is 252 g/mol. The first kappa shape index (κ1) is 16.2. The normalized spacial score (nSPS) is 10.3. The molecule has 0 fully saturated rings. The van der Waals surface area contributed by atoms with Crippen LogP contribution in [0.15, 0.2) is 38.0 Å². The van der Waals surface area contributed by atoms with Crippen LogP contribution in [-0.2, 0) is 19.1 Å². The molecular formula is C14H20O4. The standard InChI is InChI=1S/C14H20O4/c1-5-9-14(10-6-2,12(15)17-8-4)13(16)18-11-7-3/h5-7H,1-3,8-11H2,4H3. The molecule has 0 saturated heterocycles. The van der Waals surface area contributed by atoms with Crippen molar-refractivity contribution in [2.45, 2.75) is 19.8 Å². The second-order valence-corrected chi connectivity index (χ2v) is 3.68. The molecule has 0 heterocycles. The van der Waals surface area contributed by atoms with Crippen molar-refractivity contribution >= 4 is 11.9 Å². The van der Waals surface area contributed by atoms with Gasteiger partial charge in [-0.05, 0) is 19.8 Å². The molecule has 0 amide bonds. The largest absolute Gasteiger partial charge is 0.465 e. The minimum atomic E-state index is -1.39. The number of hydrogen-bond acceptors (Lipinski definition) is 4. The molecule has 0 atom stereocenters. The summed E-state index contributed by atoms with van der Waals surface area (Å²) in [7, 11) is 0. The summed E-state index contributed by atoms with van der Waals surface area (Å²) in [5, 5.41) is 0. The Labute approximate surface area is 108 Å². The molecule has 0 aliphatic carbocycles. The van der Waals surface area contributed by atoms with Gasteiger partial charge in [-0.3, -0.25) is 9.59 Å². The lowest BCUT2D eigenvalue weighted by Gasteiger charge is -2.26. The van der Waals surface area contributed by atoms with Crippen LogP contribution in [0.5, 0.6) is 0 Å². The molecule has 0 unspecified atom stereocenters. The summed E-state index contributed by atoms with van der Waals surface area (Å²) in [6.45, 7) is 12.5. The smallest absolute Gasteiger partial charge is 0.324 e. The lowest BCUT2D eigenvalue weighted by Crippen LogP contribution is -2.41. The second kappa shape index (κ2) is 8.28. The topological polar surface area (TPSA) is 52.6 Å². The van der Waals surface area contributed by atoms with Crippen LogP contribution in [0.4, 0.5) is 0 Å². The van der Waals surface area contributed by atoms with Gasteiger partial charge in [-0.25, -0.2) is 0 Å². The maximum Gasteiger partial charge on any atom is 0.324 e. The Morgan fingerprint density at radius 3 is 1.89 bits per heavy atom. The maximum absolute atomic E-state index is 12.1. The third-order valence-corrected chi connectivity index (χ3v) is 2.37. The van der Waals surface area contributed by atoms with E-state index < -0.39 is 17.4 Å². The number of carbonyl (C=O) groups excluding carboxylic acids is 2. The number of ether oxygens (including phenoxy) is 2. The molecule has 18 heavy (non-hydrogen) atoms. The Morgan fingerprint density at radius 2 is 1.50 bits per heavy atom. The van der Waals surface area contributed by atoms with Crippen molar-refractivity contribution < 1.29 is 19.1 Å². The molecule has 0 saturated carbocycles. The lowest BCUT2D eigenvalue weighted by molar-refractivity contribution is -0.171. The van der Waals surface area contributed by atoms with Crippen molar-refractivity contribution in [3.63, 3.8) is 0 Å². The van der Waals surface area contributed by atoms with Gasteiger partial charge in [0.05, 0.1) is 6.61 Å². The summed E-state index contributed by atoms with van der Waals surface area (Å²) < 4.78 is 9.93. The summed E-state index contributed by atoms with van der Waals surface area (Å²) in [4.78, 5) is 24.1. The molecule has 0 aromatic heterocycles. The molecule has 0 spiro atoms. The van der Waals surface area contributed by atoms with Crippen LogP contribution < -0.4 is 0 Å². The zero-order valence-electron chi connectivity index (χ0n) is 10.8. The predicted molar refractivity (Wildman–Crippen MR) is 69.9 cm³/mol. The van der Waals surface area contributed by atoms with Crippen molar-refractivity contribution in [2.24, 2.45) is 5.41 Å². The third-order valence-electron chi connectivity index (χ3n) is 2.37. The third kappa shape index (κ3) is 3.87. The molecule has 0 N–H and O–H groups in total. The highest BCUT2D eigenvalue weighted by Gasteiger charge is 2.46. The maximum atomic E-state index is 12.1. The molecule has 100 valence electrons. The first-order chi connectivity index (χ1) is 8.58. The quantitative estimate of drug-likeness (QED) is 0.359. The van der Waals surface area contributed by atoms with E-state index in [1.54, 1.807) is 6.92 Å². The zero-order valence-corrected chi connectivity index (χ0v) is 10.8. The molecule has 0 aliphatic heterocycles. The predicted octanol–water partition coefficient (Wildman–Crippen LogP) is 2.42. The van der Waals surface area contributed by atoms with E-state index >= 15 is 0 Å². The highest BCUT2D eigenvalue weighted by Crippen LogP contribution is 2.31. The number of hydrogen-bond donors (Lipinski definition) is 0. The van der Waals surface area contributed by atoms with E-state index in [-0.39, 0.29) is 26.1 Å².